The highest BCUT2D eigenvalue weighted by atomic mass is 15.3. The minimum Gasteiger partial charge on any atom is -0.312 e. The molecule has 0 radical (unpaired) electrons. The summed E-state index contributed by atoms with van der Waals surface area (Å²) in [4.78, 5) is 8.87. The molecule has 0 aliphatic rings. The molecule has 20 heavy (non-hydrogen) atoms. The highest BCUT2D eigenvalue weighted by Gasteiger charge is 2.14. The summed E-state index contributed by atoms with van der Waals surface area (Å²) >= 11 is 0. The maximum Gasteiger partial charge on any atom is 0.250 e. The van der Waals surface area contributed by atoms with E-state index in [1.54, 1.807) is 10.7 Å². The summed E-state index contributed by atoms with van der Waals surface area (Å²) in [5.74, 6) is 1.48. The van der Waals surface area contributed by atoms with E-state index in [9.17, 15) is 0 Å². The van der Waals surface area contributed by atoms with Crippen LogP contribution in [0, 0.1) is 12.8 Å². The van der Waals surface area contributed by atoms with Crippen LogP contribution in [-0.4, -0.2) is 26.6 Å². The minimum absolute atomic E-state index is 0.280. The van der Waals surface area contributed by atoms with Crippen LogP contribution in [0.25, 0.3) is 5.78 Å². The third-order valence-corrected chi connectivity index (χ3v) is 3.91. The van der Waals surface area contributed by atoms with Gasteiger partial charge in [0.05, 0.1) is 29.8 Å². The molecule has 0 saturated carbocycles. The highest BCUT2D eigenvalue weighted by molar-refractivity contribution is 5.29. The van der Waals surface area contributed by atoms with Crippen molar-refractivity contribution in [3.63, 3.8) is 0 Å². The summed E-state index contributed by atoms with van der Waals surface area (Å²) in [6.45, 7) is 6.51. The van der Waals surface area contributed by atoms with E-state index in [0.717, 1.165) is 23.7 Å². The third kappa shape index (κ3) is 3.54. The van der Waals surface area contributed by atoms with Gasteiger partial charge in [-0.25, -0.2) is 14.5 Å². The van der Waals surface area contributed by atoms with Crippen LogP contribution in [-0.2, 0) is 0 Å². The number of imidazole rings is 1. The molecule has 2 aromatic heterocycles. The monoisotopic (exact) mass is 275 g/mol. The molecule has 110 valence electrons. The number of aromatic nitrogens is 4. The van der Waals surface area contributed by atoms with E-state index in [4.69, 9.17) is 0 Å². The first-order valence-electron chi connectivity index (χ1n) is 7.50. The van der Waals surface area contributed by atoms with Crippen molar-refractivity contribution in [1.82, 2.24) is 24.9 Å². The van der Waals surface area contributed by atoms with Crippen LogP contribution in [0.15, 0.2) is 12.4 Å². The van der Waals surface area contributed by atoms with Gasteiger partial charge >= 0.3 is 0 Å². The number of hydrogen-bond acceptors (Lipinski definition) is 4. The second kappa shape index (κ2) is 6.79. The first-order valence-corrected chi connectivity index (χ1v) is 7.50. The smallest absolute Gasteiger partial charge is 0.250 e. The molecule has 0 aliphatic carbocycles. The van der Waals surface area contributed by atoms with Gasteiger partial charge in [-0.05, 0) is 26.3 Å². The Morgan fingerprint density at radius 2 is 2.15 bits per heavy atom. The zero-order valence-electron chi connectivity index (χ0n) is 12.9. The molecule has 2 aromatic rings. The van der Waals surface area contributed by atoms with E-state index in [1.165, 1.54) is 19.3 Å². The van der Waals surface area contributed by atoms with Crippen LogP contribution in [0.1, 0.15) is 57.0 Å². The second-order valence-electron chi connectivity index (χ2n) is 5.60. The fourth-order valence-electron chi connectivity index (χ4n) is 2.37. The number of aryl methyl sites for hydroxylation is 1. The topological polar surface area (TPSA) is 55.1 Å². The van der Waals surface area contributed by atoms with E-state index < -0.39 is 0 Å². The zero-order valence-corrected chi connectivity index (χ0v) is 12.9. The van der Waals surface area contributed by atoms with Crippen molar-refractivity contribution >= 4 is 5.78 Å². The van der Waals surface area contributed by atoms with Crippen LogP contribution in [0.4, 0.5) is 0 Å². The van der Waals surface area contributed by atoms with Crippen molar-refractivity contribution < 1.29 is 0 Å². The standard InChI is InChI=1S/C15H25N5/c1-5-11(2)7-6-8-13(16-4)14-10-20-15(18-14)17-9-12(3)19-20/h9-11,13,16H,5-8H2,1-4H3. The maximum atomic E-state index is 4.57. The summed E-state index contributed by atoms with van der Waals surface area (Å²) in [5, 5.41) is 7.75. The van der Waals surface area contributed by atoms with Gasteiger partial charge in [0.1, 0.15) is 0 Å². The SMILES string of the molecule is CCC(C)CCCC(NC)c1cn2nc(C)cnc2n1. The molecule has 2 rings (SSSR count). The summed E-state index contributed by atoms with van der Waals surface area (Å²) < 4.78 is 1.77. The Labute approximate surface area is 120 Å². The minimum atomic E-state index is 0.280. The van der Waals surface area contributed by atoms with E-state index in [-0.39, 0.29) is 6.04 Å². The van der Waals surface area contributed by atoms with Gasteiger partial charge in [0.25, 0.3) is 5.78 Å². The fraction of sp³-hybridized carbons (Fsp3) is 0.667. The molecule has 0 amide bonds. The van der Waals surface area contributed by atoms with Crippen LogP contribution in [0.5, 0.6) is 0 Å². The van der Waals surface area contributed by atoms with Crippen molar-refractivity contribution in [2.24, 2.45) is 5.92 Å². The summed E-state index contributed by atoms with van der Waals surface area (Å²) in [5.41, 5.74) is 1.93. The summed E-state index contributed by atoms with van der Waals surface area (Å²) in [6.07, 6.45) is 8.59. The van der Waals surface area contributed by atoms with Crippen molar-refractivity contribution in [2.75, 3.05) is 7.05 Å². The van der Waals surface area contributed by atoms with Gasteiger partial charge in [0.2, 0.25) is 0 Å². The first-order chi connectivity index (χ1) is 9.63. The van der Waals surface area contributed by atoms with Crippen LogP contribution < -0.4 is 5.32 Å². The van der Waals surface area contributed by atoms with E-state index in [0.29, 0.717) is 5.78 Å². The Balaban J connectivity index is 2.05. The molecule has 0 aliphatic heterocycles. The number of nitrogens with zero attached hydrogens (tertiary/aromatic N) is 4. The Hall–Kier alpha value is -1.49. The molecule has 0 aromatic carbocycles. The molecule has 0 fully saturated rings. The fourth-order valence-corrected chi connectivity index (χ4v) is 2.37. The molecule has 0 bridgehead atoms. The van der Waals surface area contributed by atoms with Gasteiger partial charge < -0.3 is 5.32 Å². The Morgan fingerprint density at radius 3 is 2.85 bits per heavy atom. The van der Waals surface area contributed by atoms with Gasteiger partial charge in [-0.3, -0.25) is 0 Å². The summed E-state index contributed by atoms with van der Waals surface area (Å²) in [7, 11) is 1.99. The van der Waals surface area contributed by atoms with E-state index in [2.05, 4.69) is 34.2 Å². The summed E-state index contributed by atoms with van der Waals surface area (Å²) in [6, 6.07) is 0.280. The zero-order chi connectivity index (χ0) is 14.5. The maximum absolute atomic E-state index is 4.57. The van der Waals surface area contributed by atoms with Gasteiger partial charge in [-0.15, -0.1) is 0 Å². The van der Waals surface area contributed by atoms with Crippen molar-refractivity contribution in [2.45, 2.75) is 52.5 Å². The van der Waals surface area contributed by atoms with Gasteiger partial charge in [0.15, 0.2) is 0 Å². The normalized spacial score (nSPS) is 14.6. The van der Waals surface area contributed by atoms with Gasteiger partial charge in [0, 0.05) is 0 Å². The number of fused-ring (bicyclic) bond motifs is 1. The average Bonchev–Trinajstić information content (AvgIpc) is 2.85. The predicted octanol–water partition coefficient (Wildman–Crippen LogP) is 2.91. The lowest BCUT2D eigenvalue weighted by Gasteiger charge is -2.14. The van der Waals surface area contributed by atoms with Crippen LogP contribution >= 0.6 is 0 Å². The third-order valence-electron chi connectivity index (χ3n) is 3.91. The molecular weight excluding hydrogens is 250 g/mol. The quantitative estimate of drug-likeness (QED) is 0.844. The second-order valence-corrected chi connectivity index (χ2v) is 5.60. The lowest BCUT2D eigenvalue weighted by molar-refractivity contribution is 0.440. The lowest BCUT2D eigenvalue weighted by Crippen LogP contribution is -2.17. The first kappa shape index (κ1) is 14.9. The van der Waals surface area contributed by atoms with E-state index in [1.807, 2.05) is 20.2 Å². The number of rotatable bonds is 7. The molecule has 2 unspecified atom stereocenters. The Kier molecular flexibility index (Phi) is 5.06. The molecule has 2 heterocycles. The largest absolute Gasteiger partial charge is 0.312 e. The van der Waals surface area contributed by atoms with Gasteiger partial charge in [-0.1, -0.05) is 33.1 Å². The van der Waals surface area contributed by atoms with Crippen molar-refractivity contribution in [3.05, 3.63) is 23.8 Å². The van der Waals surface area contributed by atoms with E-state index >= 15 is 0 Å². The molecule has 0 saturated heterocycles. The predicted molar refractivity (Wildman–Crippen MR) is 80.6 cm³/mol. The molecule has 1 N–H and O–H groups in total. The van der Waals surface area contributed by atoms with Gasteiger partial charge in [-0.2, -0.15) is 5.10 Å². The van der Waals surface area contributed by atoms with Crippen LogP contribution in [0.3, 0.4) is 0 Å². The van der Waals surface area contributed by atoms with Crippen molar-refractivity contribution in [1.29, 1.82) is 0 Å². The molecule has 5 heteroatoms. The van der Waals surface area contributed by atoms with Crippen molar-refractivity contribution in [3.8, 4) is 0 Å². The lowest BCUT2D eigenvalue weighted by atomic mass is 9.98. The molecule has 0 spiro atoms. The Bertz CT molecular complexity index is 548. The number of hydrogen-bond donors (Lipinski definition) is 1. The molecular formula is C15H25N5. The number of nitrogens with one attached hydrogen (secondary N) is 1. The molecule has 5 nitrogen and oxygen atoms in total. The average molecular weight is 275 g/mol. The molecule has 2 atom stereocenters. The van der Waals surface area contributed by atoms with Crippen LogP contribution in [0.2, 0.25) is 0 Å². The Morgan fingerprint density at radius 1 is 1.35 bits per heavy atom. The highest BCUT2D eigenvalue weighted by Crippen LogP contribution is 2.20.